The third-order valence-corrected chi connectivity index (χ3v) is 7.08. The molecule has 0 spiro atoms. The predicted octanol–water partition coefficient (Wildman–Crippen LogP) is 10.4. The summed E-state index contributed by atoms with van der Waals surface area (Å²) in [5.74, 6) is -3.15. The van der Waals surface area contributed by atoms with Gasteiger partial charge < -0.3 is 14.6 Å². The second-order valence-electron chi connectivity index (χ2n) is 10.4. The Labute approximate surface area is 234 Å². The maximum absolute atomic E-state index is 15.1. The Hall–Kier alpha value is -2.63. The summed E-state index contributed by atoms with van der Waals surface area (Å²) < 4.78 is 41.3. The van der Waals surface area contributed by atoms with E-state index in [1.807, 2.05) is 0 Å². The average Bonchev–Trinajstić information content (AvgIpc) is 2.93. The van der Waals surface area contributed by atoms with Crippen molar-refractivity contribution in [3.05, 3.63) is 47.5 Å². The average molecular weight is 547 g/mol. The number of halogens is 2. The molecule has 1 N–H and O–H groups in total. The van der Waals surface area contributed by atoms with E-state index in [1.54, 1.807) is 6.07 Å². The lowest BCUT2D eigenvalue weighted by atomic mass is 9.98. The monoisotopic (exact) mass is 546 g/mol. The summed E-state index contributed by atoms with van der Waals surface area (Å²) in [7, 11) is 0. The summed E-state index contributed by atoms with van der Waals surface area (Å²) in [6, 6.07) is 7.18. The molecule has 0 saturated heterocycles. The fourth-order valence-corrected chi connectivity index (χ4v) is 4.72. The van der Waals surface area contributed by atoms with Crippen LogP contribution >= 0.6 is 0 Å². The molecule has 0 saturated carbocycles. The number of carbonyl (C=O) groups is 1. The molecule has 2 aromatic rings. The zero-order valence-corrected chi connectivity index (χ0v) is 24.0. The van der Waals surface area contributed by atoms with E-state index in [1.165, 1.54) is 88.5 Å². The number of rotatable bonds is 22. The molecule has 6 heteroatoms. The van der Waals surface area contributed by atoms with Crippen molar-refractivity contribution < 1.29 is 28.2 Å². The highest BCUT2D eigenvalue weighted by molar-refractivity contribution is 5.96. The fourth-order valence-electron chi connectivity index (χ4n) is 4.72. The summed E-state index contributed by atoms with van der Waals surface area (Å²) in [5, 5.41) is 9.65. The minimum atomic E-state index is -1.21. The number of hydrogen-bond acceptors (Lipinski definition) is 3. The smallest absolute Gasteiger partial charge is 0.336 e. The van der Waals surface area contributed by atoms with E-state index < -0.39 is 17.6 Å². The number of ether oxygens (including phenoxy) is 2. The number of carboxylic acids is 1. The van der Waals surface area contributed by atoms with Crippen molar-refractivity contribution in [2.45, 2.75) is 117 Å². The highest BCUT2D eigenvalue weighted by Crippen LogP contribution is 2.34. The Morgan fingerprint density at radius 2 is 1.15 bits per heavy atom. The topological polar surface area (TPSA) is 55.8 Å². The zero-order valence-electron chi connectivity index (χ0n) is 24.0. The van der Waals surface area contributed by atoms with Crippen molar-refractivity contribution in [1.82, 2.24) is 0 Å². The molecule has 0 atom stereocenters. The molecule has 0 amide bonds. The van der Waals surface area contributed by atoms with Gasteiger partial charge in [-0.25, -0.2) is 9.18 Å². The standard InChI is InChI=1S/C33H48F2O4/c1-3-5-7-9-11-13-15-17-23-38-26-19-20-28(33(36)37)29(25-26)27-21-22-30(32(35)31(27)34)39-24-18-16-14-12-10-8-6-4-2/h19-22,25H,3-18,23-24H2,1-2H3,(H,36,37). The quantitative estimate of drug-likeness (QED) is 0.149. The van der Waals surface area contributed by atoms with Gasteiger partial charge in [-0.15, -0.1) is 0 Å². The van der Waals surface area contributed by atoms with E-state index in [0.717, 1.165) is 38.5 Å². The van der Waals surface area contributed by atoms with E-state index >= 15 is 4.39 Å². The van der Waals surface area contributed by atoms with Gasteiger partial charge in [0.1, 0.15) is 5.75 Å². The molecule has 2 rings (SSSR count). The van der Waals surface area contributed by atoms with Gasteiger partial charge in [-0.1, -0.05) is 104 Å². The number of carboxylic acid groups (broad SMARTS) is 1. The third-order valence-electron chi connectivity index (χ3n) is 7.08. The predicted molar refractivity (Wildman–Crippen MR) is 155 cm³/mol. The summed E-state index contributed by atoms with van der Waals surface area (Å²) in [6.45, 7) is 5.21. The van der Waals surface area contributed by atoms with Crippen molar-refractivity contribution in [1.29, 1.82) is 0 Å². The van der Waals surface area contributed by atoms with Gasteiger partial charge in [-0.2, -0.15) is 4.39 Å². The van der Waals surface area contributed by atoms with E-state index in [9.17, 15) is 14.3 Å². The van der Waals surface area contributed by atoms with Gasteiger partial charge in [0, 0.05) is 11.1 Å². The third kappa shape index (κ3) is 12.0. The number of benzene rings is 2. The molecule has 0 radical (unpaired) electrons. The molecule has 2 aromatic carbocycles. The summed E-state index contributed by atoms with van der Waals surface area (Å²) in [6.07, 6.45) is 18.5. The van der Waals surface area contributed by atoms with Gasteiger partial charge in [-0.3, -0.25) is 0 Å². The van der Waals surface area contributed by atoms with Crippen LogP contribution < -0.4 is 9.47 Å². The van der Waals surface area contributed by atoms with Crippen molar-refractivity contribution in [2.75, 3.05) is 13.2 Å². The van der Waals surface area contributed by atoms with Crippen LogP contribution in [-0.4, -0.2) is 24.3 Å². The van der Waals surface area contributed by atoms with Crippen LogP contribution in [0.2, 0.25) is 0 Å². The van der Waals surface area contributed by atoms with Crippen LogP contribution in [0, 0.1) is 11.6 Å². The van der Waals surface area contributed by atoms with Gasteiger partial charge in [0.2, 0.25) is 5.82 Å². The molecule has 39 heavy (non-hydrogen) atoms. The summed E-state index contributed by atoms with van der Waals surface area (Å²) in [4.78, 5) is 11.8. The first-order chi connectivity index (χ1) is 19.0. The lowest BCUT2D eigenvalue weighted by Gasteiger charge is -2.14. The molecule has 0 aromatic heterocycles. The van der Waals surface area contributed by atoms with Crippen LogP contribution in [0.25, 0.3) is 11.1 Å². The first-order valence-corrected chi connectivity index (χ1v) is 15.1. The van der Waals surface area contributed by atoms with Crippen molar-refractivity contribution >= 4 is 5.97 Å². The second-order valence-corrected chi connectivity index (χ2v) is 10.4. The molecule has 0 aliphatic rings. The Bertz CT molecular complexity index is 976. The molecule has 218 valence electrons. The summed E-state index contributed by atoms with van der Waals surface area (Å²) in [5.41, 5.74) is -0.149. The van der Waals surface area contributed by atoms with Gasteiger partial charge in [0.05, 0.1) is 18.8 Å². The number of hydrogen-bond donors (Lipinski definition) is 1. The Kier molecular flexibility index (Phi) is 16.2. The highest BCUT2D eigenvalue weighted by Gasteiger charge is 2.21. The first-order valence-electron chi connectivity index (χ1n) is 15.1. The van der Waals surface area contributed by atoms with Crippen LogP contribution in [0.15, 0.2) is 30.3 Å². The van der Waals surface area contributed by atoms with Crippen LogP contribution in [0.4, 0.5) is 8.78 Å². The molecule has 0 unspecified atom stereocenters. The maximum atomic E-state index is 15.1. The van der Waals surface area contributed by atoms with Crippen LogP contribution in [-0.2, 0) is 0 Å². The van der Waals surface area contributed by atoms with Crippen molar-refractivity contribution in [3.8, 4) is 22.6 Å². The summed E-state index contributed by atoms with van der Waals surface area (Å²) >= 11 is 0. The number of aromatic carboxylic acids is 1. The minimum absolute atomic E-state index is 0.0851. The molecular weight excluding hydrogens is 498 g/mol. The van der Waals surface area contributed by atoms with Gasteiger partial charge in [-0.05, 0) is 43.2 Å². The van der Waals surface area contributed by atoms with Gasteiger partial charge >= 0.3 is 5.97 Å². The fraction of sp³-hybridized carbons (Fsp3) is 0.606. The minimum Gasteiger partial charge on any atom is -0.494 e. The van der Waals surface area contributed by atoms with E-state index in [4.69, 9.17) is 9.47 Å². The molecule has 0 heterocycles. The zero-order chi connectivity index (χ0) is 28.3. The van der Waals surface area contributed by atoms with E-state index in [2.05, 4.69) is 13.8 Å². The van der Waals surface area contributed by atoms with Crippen LogP contribution in [0.1, 0.15) is 127 Å². The van der Waals surface area contributed by atoms with Crippen LogP contribution in [0.5, 0.6) is 11.5 Å². The molecule has 0 aliphatic carbocycles. The van der Waals surface area contributed by atoms with Crippen LogP contribution in [0.3, 0.4) is 0 Å². The largest absolute Gasteiger partial charge is 0.494 e. The van der Waals surface area contributed by atoms with Crippen molar-refractivity contribution in [3.63, 3.8) is 0 Å². The second kappa shape index (κ2) is 19.4. The molecule has 0 bridgehead atoms. The highest BCUT2D eigenvalue weighted by atomic mass is 19.2. The maximum Gasteiger partial charge on any atom is 0.336 e. The Morgan fingerprint density at radius 3 is 1.69 bits per heavy atom. The molecule has 0 aliphatic heterocycles. The Morgan fingerprint density at radius 1 is 0.641 bits per heavy atom. The van der Waals surface area contributed by atoms with E-state index in [0.29, 0.717) is 19.0 Å². The molecule has 0 fully saturated rings. The van der Waals surface area contributed by atoms with E-state index in [-0.39, 0.29) is 22.4 Å². The molecular formula is C33H48F2O4. The van der Waals surface area contributed by atoms with Gasteiger partial charge in [0.15, 0.2) is 11.6 Å². The first kappa shape index (κ1) is 32.6. The van der Waals surface area contributed by atoms with Gasteiger partial charge in [0.25, 0.3) is 0 Å². The molecule has 4 nitrogen and oxygen atoms in total. The SMILES string of the molecule is CCCCCCCCCCOc1ccc(C(=O)O)c(-c2ccc(OCCCCCCCCCC)c(F)c2F)c1. The lowest BCUT2D eigenvalue weighted by molar-refractivity contribution is 0.0697. The lowest BCUT2D eigenvalue weighted by Crippen LogP contribution is -2.05. The Balaban J connectivity index is 1.92. The number of unbranched alkanes of at least 4 members (excludes halogenated alkanes) is 14. The van der Waals surface area contributed by atoms with Crippen molar-refractivity contribution in [2.24, 2.45) is 0 Å². The normalized spacial score (nSPS) is 11.1.